The minimum absolute atomic E-state index is 0.841. The summed E-state index contributed by atoms with van der Waals surface area (Å²) in [5.41, 5.74) is 5.82. The largest absolute Gasteiger partial charge is 0.372 e. The highest BCUT2D eigenvalue weighted by atomic mass is 79.9. The number of aryl methyl sites for hydroxylation is 1. The molecular weight excluding hydrogens is 444 g/mol. The third-order valence-corrected chi connectivity index (χ3v) is 6.53. The van der Waals surface area contributed by atoms with Gasteiger partial charge in [0, 0.05) is 39.9 Å². The Labute approximate surface area is 183 Å². The molecule has 4 aromatic rings. The van der Waals surface area contributed by atoms with Crippen molar-refractivity contribution in [2.75, 3.05) is 23.3 Å². The zero-order valence-corrected chi connectivity index (χ0v) is 19.1. The maximum Gasteiger partial charge on any atom is 0.143 e. The van der Waals surface area contributed by atoms with Crippen LogP contribution in [0.4, 0.5) is 17.2 Å². The second-order valence-electron chi connectivity index (χ2n) is 6.86. The van der Waals surface area contributed by atoms with Gasteiger partial charge in [0.1, 0.15) is 17.0 Å². The van der Waals surface area contributed by atoms with Crippen LogP contribution in [0.5, 0.6) is 0 Å². The summed E-state index contributed by atoms with van der Waals surface area (Å²) in [7, 11) is 0. The number of nitrogens with one attached hydrogen (secondary N) is 1. The van der Waals surface area contributed by atoms with Gasteiger partial charge in [0.2, 0.25) is 0 Å². The lowest BCUT2D eigenvalue weighted by Gasteiger charge is -2.22. The van der Waals surface area contributed by atoms with E-state index in [1.165, 1.54) is 11.3 Å². The van der Waals surface area contributed by atoms with Crippen molar-refractivity contribution in [3.8, 4) is 11.1 Å². The number of fused-ring (bicyclic) bond motifs is 1. The molecule has 0 amide bonds. The van der Waals surface area contributed by atoms with Gasteiger partial charge in [-0.15, -0.1) is 11.3 Å². The first-order chi connectivity index (χ1) is 14.1. The first kappa shape index (κ1) is 19.9. The van der Waals surface area contributed by atoms with Crippen molar-refractivity contribution >= 4 is 54.7 Å². The maximum atomic E-state index is 4.57. The van der Waals surface area contributed by atoms with E-state index in [1.54, 1.807) is 17.7 Å². The number of aromatic nitrogens is 2. The third kappa shape index (κ3) is 4.00. The normalized spacial score (nSPS) is 11.0. The van der Waals surface area contributed by atoms with E-state index in [-0.39, 0.29) is 0 Å². The van der Waals surface area contributed by atoms with Crippen LogP contribution in [0.15, 0.2) is 58.6 Å². The molecule has 0 fully saturated rings. The van der Waals surface area contributed by atoms with Crippen molar-refractivity contribution in [1.82, 2.24) is 9.97 Å². The first-order valence-electron chi connectivity index (χ1n) is 9.71. The van der Waals surface area contributed by atoms with Gasteiger partial charge in [0.05, 0.1) is 5.39 Å². The fraction of sp³-hybridized carbons (Fsp3) is 0.217. The van der Waals surface area contributed by atoms with Gasteiger partial charge < -0.3 is 10.2 Å². The van der Waals surface area contributed by atoms with Crippen molar-refractivity contribution < 1.29 is 0 Å². The van der Waals surface area contributed by atoms with Crippen LogP contribution in [0.25, 0.3) is 21.3 Å². The van der Waals surface area contributed by atoms with Gasteiger partial charge >= 0.3 is 0 Å². The Bertz CT molecular complexity index is 1130. The number of thiophene rings is 1. The Morgan fingerprint density at radius 3 is 2.48 bits per heavy atom. The van der Waals surface area contributed by atoms with Crippen molar-refractivity contribution in [2.24, 2.45) is 0 Å². The number of rotatable bonds is 6. The van der Waals surface area contributed by atoms with E-state index in [9.17, 15) is 0 Å². The minimum Gasteiger partial charge on any atom is -0.372 e. The summed E-state index contributed by atoms with van der Waals surface area (Å²) in [5.74, 6) is 0.841. The molecular formula is C23H23BrN4S. The van der Waals surface area contributed by atoms with E-state index in [1.807, 2.05) is 0 Å². The number of anilines is 3. The highest BCUT2D eigenvalue weighted by molar-refractivity contribution is 9.10. The van der Waals surface area contributed by atoms with Crippen molar-refractivity contribution in [3.63, 3.8) is 0 Å². The summed E-state index contributed by atoms with van der Waals surface area (Å²) in [6.07, 6.45) is 1.63. The third-order valence-electron chi connectivity index (χ3n) is 5.12. The summed E-state index contributed by atoms with van der Waals surface area (Å²) < 4.78 is 1.07. The fourth-order valence-corrected chi connectivity index (χ4v) is 4.69. The molecule has 0 atom stereocenters. The first-order valence-corrected chi connectivity index (χ1v) is 11.4. The SMILES string of the molecule is CCN(CC)c1ccc(Nc2ncnc3scc(-c4ccc(Br)cc4)c23)c(C)c1. The number of benzene rings is 2. The summed E-state index contributed by atoms with van der Waals surface area (Å²) in [5, 5.41) is 6.77. The van der Waals surface area contributed by atoms with Crippen LogP contribution < -0.4 is 10.2 Å². The minimum atomic E-state index is 0.841. The molecule has 1 N–H and O–H groups in total. The van der Waals surface area contributed by atoms with Crippen LogP contribution >= 0.6 is 27.3 Å². The molecule has 2 aromatic carbocycles. The predicted octanol–water partition coefficient (Wildman–Crippen LogP) is 7.02. The summed E-state index contributed by atoms with van der Waals surface area (Å²) in [6, 6.07) is 14.9. The molecule has 6 heteroatoms. The molecule has 2 aromatic heterocycles. The topological polar surface area (TPSA) is 41.0 Å². The van der Waals surface area contributed by atoms with Crippen molar-refractivity contribution in [2.45, 2.75) is 20.8 Å². The lowest BCUT2D eigenvalue weighted by molar-refractivity contribution is 0.866. The van der Waals surface area contributed by atoms with E-state index in [2.05, 4.69) is 105 Å². The second-order valence-corrected chi connectivity index (χ2v) is 8.63. The Kier molecular flexibility index (Phi) is 5.83. The van der Waals surface area contributed by atoms with E-state index in [0.717, 1.165) is 50.4 Å². The lowest BCUT2D eigenvalue weighted by Crippen LogP contribution is -2.21. The molecule has 2 heterocycles. The van der Waals surface area contributed by atoms with E-state index in [0.29, 0.717) is 0 Å². The quantitative estimate of drug-likeness (QED) is 0.331. The molecule has 0 aliphatic rings. The molecule has 4 nitrogen and oxygen atoms in total. The van der Waals surface area contributed by atoms with Gasteiger partial charge in [-0.3, -0.25) is 0 Å². The van der Waals surface area contributed by atoms with Gasteiger partial charge in [-0.25, -0.2) is 9.97 Å². The molecule has 4 rings (SSSR count). The molecule has 29 heavy (non-hydrogen) atoms. The van der Waals surface area contributed by atoms with Crippen LogP contribution in [-0.4, -0.2) is 23.1 Å². The maximum absolute atomic E-state index is 4.57. The molecule has 0 spiro atoms. The predicted molar refractivity (Wildman–Crippen MR) is 129 cm³/mol. The van der Waals surface area contributed by atoms with Gasteiger partial charge in [-0.2, -0.15) is 0 Å². The highest BCUT2D eigenvalue weighted by Gasteiger charge is 2.14. The molecule has 0 aliphatic heterocycles. The zero-order chi connectivity index (χ0) is 20.4. The average molecular weight is 467 g/mol. The number of nitrogens with zero attached hydrogens (tertiary/aromatic N) is 3. The smallest absolute Gasteiger partial charge is 0.143 e. The zero-order valence-electron chi connectivity index (χ0n) is 16.7. The molecule has 0 aliphatic carbocycles. The molecule has 0 radical (unpaired) electrons. The van der Waals surface area contributed by atoms with Crippen LogP contribution in [-0.2, 0) is 0 Å². The Morgan fingerprint density at radius 2 is 1.79 bits per heavy atom. The van der Waals surface area contributed by atoms with Crippen LogP contribution in [0, 0.1) is 6.92 Å². The fourth-order valence-electron chi connectivity index (χ4n) is 3.51. The van der Waals surface area contributed by atoms with Gasteiger partial charge in [0.15, 0.2) is 0 Å². The standard InChI is InChI=1S/C23H23BrN4S/c1-4-28(5-2)18-10-11-20(15(3)12-18)27-22-21-19(13-29-23(21)26-14-25-22)16-6-8-17(24)9-7-16/h6-14H,4-5H2,1-3H3,(H,25,26,27). The monoisotopic (exact) mass is 466 g/mol. The van der Waals surface area contributed by atoms with Gasteiger partial charge in [0.25, 0.3) is 0 Å². The average Bonchev–Trinajstić information content (AvgIpc) is 3.16. The molecule has 0 saturated carbocycles. The van der Waals surface area contributed by atoms with Crippen LogP contribution in [0.1, 0.15) is 19.4 Å². The van der Waals surface area contributed by atoms with E-state index in [4.69, 9.17) is 0 Å². The van der Waals surface area contributed by atoms with Gasteiger partial charge in [-0.1, -0.05) is 28.1 Å². The Balaban J connectivity index is 1.73. The van der Waals surface area contributed by atoms with E-state index >= 15 is 0 Å². The Morgan fingerprint density at radius 1 is 1.03 bits per heavy atom. The second kappa shape index (κ2) is 8.51. The van der Waals surface area contributed by atoms with Crippen LogP contribution in [0.2, 0.25) is 0 Å². The van der Waals surface area contributed by atoms with Crippen molar-refractivity contribution in [3.05, 3.63) is 64.2 Å². The summed E-state index contributed by atoms with van der Waals surface area (Å²) in [4.78, 5) is 12.4. The summed E-state index contributed by atoms with van der Waals surface area (Å²) >= 11 is 5.16. The number of halogens is 1. The molecule has 148 valence electrons. The van der Waals surface area contributed by atoms with E-state index < -0.39 is 0 Å². The lowest BCUT2D eigenvalue weighted by atomic mass is 10.1. The van der Waals surface area contributed by atoms with Crippen LogP contribution in [0.3, 0.4) is 0 Å². The number of hydrogen-bond donors (Lipinski definition) is 1. The van der Waals surface area contributed by atoms with Gasteiger partial charge in [-0.05, 0) is 62.2 Å². The number of hydrogen-bond acceptors (Lipinski definition) is 5. The highest BCUT2D eigenvalue weighted by Crippen LogP contribution is 2.38. The molecule has 0 bridgehead atoms. The summed E-state index contributed by atoms with van der Waals surface area (Å²) in [6.45, 7) is 8.50. The van der Waals surface area contributed by atoms with Crippen molar-refractivity contribution in [1.29, 1.82) is 0 Å². The molecule has 0 unspecified atom stereocenters. The Hall–Kier alpha value is -2.44. The molecule has 0 saturated heterocycles.